The quantitative estimate of drug-likeness (QED) is 0.530. The summed E-state index contributed by atoms with van der Waals surface area (Å²) in [6.07, 6.45) is 6.31. The highest BCUT2D eigenvalue weighted by Gasteiger charge is 2.05. The molecule has 1 aromatic rings. The molecule has 0 N–H and O–H groups in total. The molecule has 0 saturated heterocycles. The largest absolute Gasteiger partial charge is 0.298 e. The minimum absolute atomic E-state index is 0.328. The summed E-state index contributed by atoms with van der Waals surface area (Å²) in [5.41, 5.74) is 1.19. The van der Waals surface area contributed by atoms with E-state index in [-0.39, 0.29) is 0 Å². The first kappa shape index (κ1) is 10.4. The normalized spacial score (nSPS) is 10.6. The standard InChI is InChI=1S/C10H11FN2O/c1-2-4-10-9(8-14)7-13(12-10)6-3-5-11/h2-3,5,7-8H,1,4,6H2. The van der Waals surface area contributed by atoms with Gasteiger partial charge in [0.2, 0.25) is 0 Å². The summed E-state index contributed by atoms with van der Waals surface area (Å²) in [6, 6.07) is 0. The first-order chi connectivity index (χ1) is 6.81. The van der Waals surface area contributed by atoms with Gasteiger partial charge in [-0.3, -0.25) is 9.48 Å². The molecule has 1 aromatic heterocycles. The number of rotatable bonds is 5. The van der Waals surface area contributed by atoms with Crippen molar-refractivity contribution in [1.82, 2.24) is 9.78 Å². The molecule has 14 heavy (non-hydrogen) atoms. The van der Waals surface area contributed by atoms with E-state index < -0.39 is 0 Å². The molecular weight excluding hydrogens is 183 g/mol. The molecule has 74 valence electrons. The number of aldehydes is 1. The van der Waals surface area contributed by atoms with Crippen LogP contribution in [0, 0.1) is 0 Å². The van der Waals surface area contributed by atoms with Gasteiger partial charge in [-0.25, -0.2) is 4.39 Å². The minimum atomic E-state index is 0.328. The highest BCUT2D eigenvalue weighted by molar-refractivity contribution is 5.76. The molecule has 0 unspecified atom stereocenters. The van der Waals surface area contributed by atoms with Crippen molar-refractivity contribution in [1.29, 1.82) is 0 Å². The highest BCUT2D eigenvalue weighted by Crippen LogP contribution is 2.05. The number of nitrogens with zero attached hydrogens (tertiary/aromatic N) is 2. The predicted octanol–water partition coefficient (Wildman–Crippen LogP) is 1.91. The first-order valence-corrected chi connectivity index (χ1v) is 4.19. The Kier molecular flexibility index (Phi) is 3.79. The highest BCUT2D eigenvalue weighted by atomic mass is 19.1. The third-order valence-corrected chi connectivity index (χ3v) is 1.72. The zero-order valence-corrected chi connectivity index (χ0v) is 7.69. The van der Waals surface area contributed by atoms with E-state index in [0.717, 1.165) is 6.29 Å². The van der Waals surface area contributed by atoms with Gasteiger partial charge in [0.25, 0.3) is 0 Å². The molecule has 0 aromatic carbocycles. The average Bonchev–Trinajstić information content (AvgIpc) is 2.58. The summed E-state index contributed by atoms with van der Waals surface area (Å²) in [5, 5.41) is 4.10. The van der Waals surface area contributed by atoms with Crippen molar-refractivity contribution in [2.45, 2.75) is 13.0 Å². The SMILES string of the molecule is C=CCc1nn(CC=CF)cc1C=O. The third kappa shape index (κ3) is 2.39. The van der Waals surface area contributed by atoms with Gasteiger partial charge in [-0.2, -0.15) is 5.10 Å². The number of hydrogen-bond acceptors (Lipinski definition) is 2. The second-order valence-electron chi connectivity index (χ2n) is 2.73. The summed E-state index contributed by atoms with van der Waals surface area (Å²) in [4.78, 5) is 10.6. The summed E-state index contributed by atoms with van der Waals surface area (Å²) >= 11 is 0. The number of carbonyl (C=O) groups excluding carboxylic acids is 1. The Hall–Kier alpha value is -1.71. The average molecular weight is 194 g/mol. The number of halogens is 1. The van der Waals surface area contributed by atoms with E-state index in [9.17, 15) is 9.18 Å². The van der Waals surface area contributed by atoms with E-state index in [0.29, 0.717) is 30.6 Å². The van der Waals surface area contributed by atoms with Crippen LogP contribution in [-0.4, -0.2) is 16.1 Å². The van der Waals surface area contributed by atoms with E-state index >= 15 is 0 Å². The topological polar surface area (TPSA) is 34.9 Å². The minimum Gasteiger partial charge on any atom is -0.298 e. The fourth-order valence-electron chi connectivity index (χ4n) is 1.11. The van der Waals surface area contributed by atoms with Gasteiger partial charge in [-0.1, -0.05) is 6.08 Å². The molecule has 0 atom stereocenters. The van der Waals surface area contributed by atoms with Crippen LogP contribution in [0.15, 0.2) is 31.3 Å². The van der Waals surface area contributed by atoms with Crippen LogP contribution in [0.2, 0.25) is 0 Å². The van der Waals surface area contributed by atoms with Crippen molar-refractivity contribution in [2.75, 3.05) is 0 Å². The molecule has 0 amide bonds. The van der Waals surface area contributed by atoms with Crippen LogP contribution in [-0.2, 0) is 13.0 Å². The Morgan fingerprint density at radius 1 is 1.64 bits per heavy atom. The van der Waals surface area contributed by atoms with E-state index in [1.54, 1.807) is 12.3 Å². The Bertz CT molecular complexity index is 355. The van der Waals surface area contributed by atoms with Gasteiger partial charge in [-0.05, 0) is 6.08 Å². The molecule has 1 rings (SSSR count). The molecule has 4 heteroatoms. The smallest absolute Gasteiger partial charge is 0.153 e. The number of carbonyl (C=O) groups is 1. The molecule has 3 nitrogen and oxygen atoms in total. The van der Waals surface area contributed by atoms with Crippen LogP contribution in [0.25, 0.3) is 0 Å². The lowest BCUT2D eigenvalue weighted by molar-refractivity contribution is 0.112. The van der Waals surface area contributed by atoms with Gasteiger partial charge < -0.3 is 0 Å². The third-order valence-electron chi connectivity index (χ3n) is 1.72. The second kappa shape index (κ2) is 5.11. The number of aromatic nitrogens is 2. The fourth-order valence-corrected chi connectivity index (χ4v) is 1.11. The fraction of sp³-hybridized carbons (Fsp3) is 0.200. The lowest BCUT2D eigenvalue weighted by atomic mass is 10.2. The van der Waals surface area contributed by atoms with E-state index in [4.69, 9.17) is 0 Å². The summed E-state index contributed by atoms with van der Waals surface area (Å²) in [7, 11) is 0. The predicted molar refractivity (Wildman–Crippen MR) is 51.8 cm³/mol. The van der Waals surface area contributed by atoms with Gasteiger partial charge in [-0.15, -0.1) is 6.58 Å². The lowest BCUT2D eigenvalue weighted by Gasteiger charge is -1.92. The Balaban J connectivity index is 2.87. The van der Waals surface area contributed by atoms with Gasteiger partial charge >= 0.3 is 0 Å². The molecule has 0 radical (unpaired) electrons. The number of allylic oxidation sites excluding steroid dienone is 2. The first-order valence-electron chi connectivity index (χ1n) is 4.19. The zero-order chi connectivity index (χ0) is 10.4. The Morgan fingerprint density at radius 2 is 2.43 bits per heavy atom. The molecule has 0 spiro atoms. The van der Waals surface area contributed by atoms with E-state index in [1.165, 1.54) is 10.8 Å². The number of hydrogen-bond donors (Lipinski definition) is 0. The second-order valence-corrected chi connectivity index (χ2v) is 2.73. The van der Waals surface area contributed by atoms with E-state index in [1.807, 2.05) is 0 Å². The Labute approximate surface area is 81.5 Å². The molecule has 0 aliphatic rings. The molecular formula is C10H11FN2O. The van der Waals surface area contributed by atoms with E-state index in [2.05, 4.69) is 11.7 Å². The molecule has 0 aliphatic carbocycles. The zero-order valence-electron chi connectivity index (χ0n) is 7.69. The molecule has 1 heterocycles. The monoisotopic (exact) mass is 194 g/mol. The van der Waals surface area contributed by atoms with Crippen LogP contribution in [0.5, 0.6) is 0 Å². The van der Waals surface area contributed by atoms with Gasteiger partial charge in [0, 0.05) is 12.6 Å². The lowest BCUT2D eigenvalue weighted by Crippen LogP contribution is -1.96. The van der Waals surface area contributed by atoms with Crippen molar-refractivity contribution in [3.05, 3.63) is 42.5 Å². The van der Waals surface area contributed by atoms with Crippen molar-refractivity contribution >= 4 is 6.29 Å². The van der Waals surface area contributed by atoms with Crippen LogP contribution in [0.4, 0.5) is 4.39 Å². The van der Waals surface area contributed by atoms with Gasteiger partial charge in [0.1, 0.15) is 0 Å². The van der Waals surface area contributed by atoms with Gasteiger partial charge in [0.05, 0.1) is 24.1 Å². The van der Waals surface area contributed by atoms with Crippen LogP contribution >= 0.6 is 0 Å². The summed E-state index contributed by atoms with van der Waals surface area (Å²) in [6.45, 7) is 3.89. The molecule has 0 saturated carbocycles. The molecule has 0 fully saturated rings. The maximum Gasteiger partial charge on any atom is 0.153 e. The maximum atomic E-state index is 11.7. The van der Waals surface area contributed by atoms with Crippen molar-refractivity contribution < 1.29 is 9.18 Å². The summed E-state index contributed by atoms with van der Waals surface area (Å²) in [5.74, 6) is 0. The molecule has 0 bridgehead atoms. The maximum absolute atomic E-state index is 11.7. The van der Waals surface area contributed by atoms with Gasteiger partial charge in [0.15, 0.2) is 6.29 Å². The van der Waals surface area contributed by atoms with Crippen molar-refractivity contribution in [2.24, 2.45) is 0 Å². The van der Waals surface area contributed by atoms with Crippen LogP contribution < -0.4 is 0 Å². The summed E-state index contributed by atoms with van der Waals surface area (Å²) < 4.78 is 13.2. The van der Waals surface area contributed by atoms with Crippen LogP contribution in [0.1, 0.15) is 16.1 Å². The van der Waals surface area contributed by atoms with Crippen molar-refractivity contribution in [3.8, 4) is 0 Å². The van der Waals surface area contributed by atoms with Crippen LogP contribution in [0.3, 0.4) is 0 Å². The molecule has 0 aliphatic heterocycles. The van der Waals surface area contributed by atoms with Crippen molar-refractivity contribution in [3.63, 3.8) is 0 Å². The Morgan fingerprint density at radius 3 is 3.00 bits per heavy atom.